The quantitative estimate of drug-likeness (QED) is 0.0140. The minimum atomic E-state index is -4.41. The summed E-state index contributed by atoms with van der Waals surface area (Å²) in [6.07, 6.45) is 0.624. The molecule has 20 nitrogen and oxygen atoms in total. The maximum atomic E-state index is 14.7. The number of nitrogens with one attached hydrogen (secondary N) is 1. The van der Waals surface area contributed by atoms with E-state index in [0.717, 1.165) is 0 Å². The molecule has 4 aromatic rings. The Balaban J connectivity index is 1.13. The van der Waals surface area contributed by atoms with Crippen LogP contribution in [0.2, 0.25) is 0 Å². The van der Waals surface area contributed by atoms with Crippen molar-refractivity contribution in [1.82, 2.24) is 14.2 Å². The lowest BCUT2D eigenvalue weighted by molar-refractivity contribution is -0.126. The second kappa shape index (κ2) is 22.7. The van der Waals surface area contributed by atoms with Crippen molar-refractivity contribution in [2.75, 3.05) is 84.8 Å². The van der Waals surface area contributed by atoms with Crippen LogP contribution in [-0.2, 0) is 49.3 Å². The van der Waals surface area contributed by atoms with Crippen LogP contribution < -0.4 is 20.1 Å². The smallest absolute Gasteiger partial charge is 0.294 e. The second-order valence-electron chi connectivity index (χ2n) is 16.2. The second-order valence-corrected chi connectivity index (χ2v) is 20.9. The molecule has 2 aliphatic heterocycles. The van der Waals surface area contributed by atoms with Crippen molar-refractivity contribution in [1.29, 1.82) is 0 Å². The summed E-state index contributed by atoms with van der Waals surface area (Å²) in [4.78, 5) is 17.1. The van der Waals surface area contributed by atoms with Crippen LogP contribution in [0.25, 0.3) is 43.9 Å². The van der Waals surface area contributed by atoms with E-state index < -0.39 is 36.2 Å². The summed E-state index contributed by atoms with van der Waals surface area (Å²) in [6.45, 7) is 2.74. The highest BCUT2D eigenvalue weighted by molar-refractivity contribution is 7.89. The molecule has 370 valence electrons. The van der Waals surface area contributed by atoms with Crippen LogP contribution in [-0.4, -0.2) is 124 Å². The maximum Gasteiger partial charge on any atom is 0.294 e. The highest BCUT2D eigenvalue weighted by Crippen LogP contribution is 2.44. The largest absolute Gasteiger partial charge is 0.456 e. The van der Waals surface area contributed by atoms with Gasteiger partial charge in [0.25, 0.3) is 20.2 Å². The highest BCUT2D eigenvalue weighted by Gasteiger charge is 2.34. The number of nitrogens with zero attached hydrogens (tertiary/aromatic N) is 6. The van der Waals surface area contributed by atoms with Gasteiger partial charge in [0.15, 0.2) is 0 Å². The first-order chi connectivity index (χ1) is 33.5. The zero-order chi connectivity index (χ0) is 50.1. The van der Waals surface area contributed by atoms with Gasteiger partial charge in [-0.2, -0.15) is 25.7 Å². The van der Waals surface area contributed by atoms with Crippen LogP contribution in [0.15, 0.2) is 133 Å². The number of hydrogen-bond donors (Lipinski definition) is 3. The van der Waals surface area contributed by atoms with Crippen molar-refractivity contribution >= 4 is 64.2 Å². The molecular weight excluding hydrogens is 967 g/mol. The molecule has 0 bridgehead atoms. The summed E-state index contributed by atoms with van der Waals surface area (Å²) in [5.41, 5.74) is 12.1. The molecule has 0 atom stereocenters. The summed E-state index contributed by atoms with van der Waals surface area (Å²) < 4.78 is 122. The molecule has 23 heteroatoms. The molecule has 2 heterocycles. The van der Waals surface area contributed by atoms with Gasteiger partial charge < -0.3 is 28.8 Å². The normalized spacial score (nSPS) is 14.3. The van der Waals surface area contributed by atoms with E-state index in [4.69, 9.17) is 24.2 Å². The number of hydrogen-bond acceptors (Lipinski definition) is 13. The molecule has 0 radical (unpaired) electrons. The first-order valence-electron chi connectivity index (χ1n) is 22.0. The molecule has 70 heavy (non-hydrogen) atoms. The number of piperidine rings is 1. The number of fused-ring (bicyclic) bond motifs is 2. The molecular formula is C47H52N7O13S3+. The van der Waals surface area contributed by atoms with Crippen LogP contribution in [0, 0.1) is 5.92 Å². The van der Waals surface area contributed by atoms with Crippen molar-refractivity contribution in [2.45, 2.75) is 27.5 Å². The van der Waals surface area contributed by atoms with Gasteiger partial charge >= 0.3 is 0 Å². The SMILES string of the molecule is CN(c1ccc(S(=O)(=O)O)cc1)c1ccc2c(-c3ccccc3S(=O)(=O)N3CCC(C(=O)NCCOCCOCCOCCN=[N+]=[N-])CC3)c3ccc(=[N+](C)c4ccc(S(=O)(=O)O)cc4)cc-3oc2c1. The van der Waals surface area contributed by atoms with Crippen LogP contribution in [0.4, 0.5) is 17.1 Å². The zero-order valence-electron chi connectivity index (χ0n) is 38.2. The van der Waals surface area contributed by atoms with Gasteiger partial charge in [0.2, 0.25) is 27.0 Å². The average Bonchev–Trinajstić information content (AvgIpc) is 3.35. The van der Waals surface area contributed by atoms with Crippen LogP contribution in [0.5, 0.6) is 0 Å². The van der Waals surface area contributed by atoms with Crippen molar-refractivity contribution in [3.8, 4) is 22.5 Å². The molecule has 1 amide bonds. The fourth-order valence-electron chi connectivity index (χ4n) is 8.03. The Morgan fingerprint density at radius 2 is 1.39 bits per heavy atom. The van der Waals surface area contributed by atoms with E-state index in [2.05, 4.69) is 15.3 Å². The first-order valence-corrected chi connectivity index (χ1v) is 26.4. The fourth-order valence-corrected chi connectivity index (χ4v) is 10.7. The molecule has 4 aromatic carbocycles. The summed E-state index contributed by atoms with van der Waals surface area (Å²) in [5, 5.41) is 7.50. The third-order valence-corrected chi connectivity index (χ3v) is 15.5. The summed E-state index contributed by atoms with van der Waals surface area (Å²) in [6, 6.07) is 28.9. The Hall–Kier alpha value is -6.24. The van der Waals surface area contributed by atoms with E-state index in [9.17, 15) is 39.2 Å². The Bertz CT molecular complexity index is 3260. The van der Waals surface area contributed by atoms with Gasteiger partial charge in [0.05, 0.1) is 60.4 Å². The summed E-state index contributed by atoms with van der Waals surface area (Å²) >= 11 is 0. The number of carbonyl (C=O) groups is 1. The third-order valence-electron chi connectivity index (χ3n) is 11.8. The van der Waals surface area contributed by atoms with E-state index in [1.165, 1.54) is 28.6 Å². The van der Waals surface area contributed by atoms with E-state index in [-0.39, 0.29) is 53.4 Å². The van der Waals surface area contributed by atoms with Gasteiger partial charge in [-0.15, -0.1) is 0 Å². The predicted molar refractivity (Wildman–Crippen MR) is 261 cm³/mol. The minimum absolute atomic E-state index is 0.0610. The average molecular weight is 1020 g/mol. The third kappa shape index (κ3) is 12.4. The zero-order valence-corrected chi connectivity index (χ0v) is 40.7. The molecule has 7 rings (SSSR count). The van der Waals surface area contributed by atoms with Gasteiger partial charge in [-0.05, 0) is 79.0 Å². The lowest BCUT2D eigenvalue weighted by atomic mass is 9.93. The van der Waals surface area contributed by atoms with Crippen LogP contribution >= 0.6 is 0 Å². The summed E-state index contributed by atoms with van der Waals surface area (Å²) in [5.74, 6) is -0.187. The van der Waals surface area contributed by atoms with Gasteiger partial charge in [-0.3, -0.25) is 13.9 Å². The maximum absolute atomic E-state index is 14.7. The Morgan fingerprint density at radius 1 is 0.786 bits per heavy atom. The number of amides is 1. The lowest BCUT2D eigenvalue weighted by Crippen LogP contribution is -2.43. The fraction of sp³-hybridized carbons (Fsp3) is 0.319. The standard InChI is InChI=1S/C47H51N7O13S3/c1-52(34-7-13-38(14-8-34)69(58,59)60)36-11-17-40-43(31-36)67-44-32-37(53(2)35-9-15-39(16-10-35)70(61,62)63)12-18-41(44)46(40)42-5-3-4-6-45(42)68(56,57)54-23-19-33(20-24-54)47(55)49-21-25-64-27-29-66-30-28-65-26-22-50-51-48/h3-18,31-33H,19-30H2,1-2H3,(H2-,49,55,58,59,60,61,62,63)/p+1. The van der Waals surface area contributed by atoms with Gasteiger partial charge in [-0.25, -0.2) is 8.42 Å². The first kappa shape index (κ1) is 51.6. The number of azide groups is 1. The topological polar surface area (TPSA) is 271 Å². The van der Waals surface area contributed by atoms with Crippen LogP contribution in [0.3, 0.4) is 0 Å². The predicted octanol–water partition coefficient (Wildman–Crippen LogP) is 6.08. The number of sulfonamides is 1. The molecule has 1 saturated heterocycles. The molecule has 1 fully saturated rings. The molecule has 0 spiro atoms. The number of anilines is 2. The molecule has 3 aliphatic rings. The van der Waals surface area contributed by atoms with Gasteiger partial charge in [-0.1, -0.05) is 23.3 Å². The number of carbonyl (C=O) groups excluding carboxylic acids is 1. The number of ether oxygens (including phenoxy) is 3. The van der Waals surface area contributed by atoms with Gasteiger partial charge in [0.1, 0.15) is 18.4 Å². The van der Waals surface area contributed by atoms with E-state index in [0.29, 0.717) is 102 Å². The molecule has 0 saturated carbocycles. The highest BCUT2D eigenvalue weighted by atomic mass is 32.2. The minimum Gasteiger partial charge on any atom is -0.456 e. The van der Waals surface area contributed by atoms with E-state index in [1.54, 1.807) is 84.2 Å². The van der Waals surface area contributed by atoms with Crippen molar-refractivity contribution < 1.29 is 57.8 Å². The molecule has 3 N–H and O–H groups in total. The van der Waals surface area contributed by atoms with Crippen LogP contribution in [0.1, 0.15) is 12.8 Å². The Labute approximate surface area is 405 Å². The van der Waals surface area contributed by atoms with Crippen molar-refractivity contribution in [3.63, 3.8) is 0 Å². The van der Waals surface area contributed by atoms with Crippen molar-refractivity contribution in [2.24, 2.45) is 11.0 Å². The van der Waals surface area contributed by atoms with Gasteiger partial charge in [0, 0.05) is 102 Å². The van der Waals surface area contributed by atoms with E-state index >= 15 is 0 Å². The lowest BCUT2D eigenvalue weighted by Gasteiger charge is -2.31. The Morgan fingerprint density at radius 3 is 2.03 bits per heavy atom. The number of benzene rings is 5. The Kier molecular flexibility index (Phi) is 16.7. The van der Waals surface area contributed by atoms with E-state index in [1.807, 2.05) is 24.3 Å². The summed E-state index contributed by atoms with van der Waals surface area (Å²) in [7, 11) is -9.42. The van der Waals surface area contributed by atoms with Crippen molar-refractivity contribution in [3.05, 3.63) is 125 Å². The monoisotopic (exact) mass is 1020 g/mol. The number of rotatable bonds is 21. The molecule has 0 aromatic heterocycles. The molecule has 0 unspecified atom stereocenters. The molecule has 1 aliphatic carbocycles.